The van der Waals surface area contributed by atoms with E-state index in [4.69, 9.17) is 25.8 Å². The number of hydrogen-bond acceptors (Lipinski definition) is 6. The van der Waals surface area contributed by atoms with Crippen molar-refractivity contribution in [3.63, 3.8) is 0 Å². The summed E-state index contributed by atoms with van der Waals surface area (Å²) in [6.45, 7) is 3.48. The fourth-order valence-electron chi connectivity index (χ4n) is 4.00. The topological polar surface area (TPSA) is 74.2 Å². The summed E-state index contributed by atoms with van der Waals surface area (Å²) >= 11 is 6.48. The van der Waals surface area contributed by atoms with Crippen molar-refractivity contribution in [3.8, 4) is 0 Å². The minimum Gasteiger partial charge on any atom is -0.468 e. The number of esters is 2. The van der Waals surface area contributed by atoms with Crippen LogP contribution in [0.25, 0.3) is 0 Å². The third-order valence-electron chi connectivity index (χ3n) is 5.57. The van der Waals surface area contributed by atoms with E-state index in [2.05, 4.69) is 4.99 Å². The summed E-state index contributed by atoms with van der Waals surface area (Å²) in [7, 11) is 2.87. The molecule has 2 aromatic carbocycles. The number of halogens is 1. The molecule has 6 nitrogen and oxygen atoms in total. The summed E-state index contributed by atoms with van der Waals surface area (Å²) in [5.41, 5.74) is 2.83. The number of nitrogens with zero attached hydrogens (tertiary/aromatic N) is 1. The maximum atomic E-state index is 13.3. The van der Waals surface area contributed by atoms with E-state index in [-0.39, 0.29) is 12.2 Å². The number of ether oxygens (including phenoxy) is 3. The second-order valence-corrected chi connectivity index (χ2v) is 7.89. The lowest BCUT2D eigenvalue weighted by Crippen LogP contribution is -2.36. The van der Waals surface area contributed by atoms with E-state index in [1.807, 2.05) is 36.4 Å². The smallest absolute Gasteiger partial charge is 0.336 e. The lowest BCUT2D eigenvalue weighted by Gasteiger charge is -2.32. The zero-order valence-corrected chi connectivity index (χ0v) is 19.3. The molecule has 0 N–H and O–H groups in total. The van der Waals surface area contributed by atoms with Gasteiger partial charge in [0.1, 0.15) is 18.6 Å². The Morgan fingerprint density at radius 3 is 2.31 bits per heavy atom. The molecule has 3 unspecified atom stereocenters. The average molecular weight is 456 g/mol. The molecule has 0 aliphatic carbocycles. The van der Waals surface area contributed by atoms with Gasteiger partial charge in [-0.2, -0.15) is 0 Å². The molecule has 0 saturated carbocycles. The molecule has 0 fully saturated rings. The zero-order chi connectivity index (χ0) is 23.3. The van der Waals surface area contributed by atoms with Crippen molar-refractivity contribution in [1.29, 1.82) is 0 Å². The number of allylic oxidation sites excluding steroid dienone is 1. The molecular formula is C25H26ClNO5. The van der Waals surface area contributed by atoms with Crippen LogP contribution in [0.15, 0.2) is 70.9 Å². The first-order chi connectivity index (χ1) is 15.4. The van der Waals surface area contributed by atoms with Crippen molar-refractivity contribution in [1.82, 2.24) is 0 Å². The van der Waals surface area contributed by atoms with E-state index < -0.39 is 29.9 Å². The molecule has 168 valence electrons. The van der Waals surface area contributed by atoms with Crippen LogP contribution in [0, 0.1) is 5.92 Å². The highest BCUT2D eigenvalue weighted by Gasteiger charge is 2.43. The standard InChI is InChI=1S/C25H26ClNO5/c1-15-21(24(28)31-4)23(18-12-8-9-13-19(18)26)22(16(2)27-15)25(29)32-14-20(30-3)17-10-6-5-7-11-17/h5-13,20-21,23H,14H2,1-4H3. The largest absolute Gasteiger partial charge is 0.468 e. The van der Waals surface area contributed by atoms with Gasteiger partial charge in [-0.3, -0.25) is 9.79 Å². The van der Waals surface area contributed by atoms with Gasteiger partial charge in [0, 0.05) is 29.5 Å². The van der Waals surface area contributed by atoms with Crippen molar-refractivity contribution in [2.24, 2.45) is 10.9 Å². The number of benzene rings is 2. The lowest BCUT2D eigenvalue weighted by atomic mass is 9.75. The van der Waals surface area contributed by atoms with Crippen molar-refractivity contribution in [3.05, 3.63) is 82.0 Å². The van der Waals surface area contributed by atoms with Crippen molar-refractivity contribution in [2.75, 3.05) is 20.8 Å². The molecule has 0 spiro atoms. The van der Waals surface area contributed by atoms with Gasteiger partial charge in [0.25, 0.3) is 0 Å². The van der Waals surface area contributed by atoms with Gasteiger partial charge >= 0.3 is 11.9 Å². The van der Waals surface area contributed by atoms with Gasteiger partial charge in [0.15, 0.2) is 0 Å². The Kier molecular flexibility index (Phi) is 7.83. The maximum Gasteiger partial charge on any atom is 0.336 e. The van der Waals surface area contributed by atoms with Crippen molar-refractivity contribution >= 4 is 29.3 Å². The third kappa shape index (κ3) is 4.92. The number of hydrogen-bond donors (Lipinski definition) is 0. The first-order valence-corrected chi connectivity index (χ1v) is 10.6. The van der Waals surface area contributed by atoms with E-state index in [1.165, 1.54) is 7.11 Å². The molecule has 0 saturated heterocycles. The van der Waals surface area contributed by atoms with Crippen LogP contribution in [0.5, 0.6) is 0 Å². The van der Waals surface area contributed by atoms with Crippen molar-refractivity contribution in [2.45, 2.75) is 25.9 Å². The van der Waals surface area contributed by atoms with Crippen LogP contribution >= 0.6 is 11.6 Å². The van der Waals surface area contributed by atoms with E-state index >= 15 is 0 Å². The minimum absolute atomic E-state index is 0.0109. The number of rotatable bonds is 7. The second kappa shape index (κ2) is 10.6. The molecule has 3 rings (SSSR count). The predicted octanol–water partition coefficient (Wildman–Crippen LogP) is 4.89. The number of carbonyl (C=O) groups excluding carboxylic acids is 2. The SMILES string of the molecule is COC(=O)C1C(C)=NC(C)=C(C(=O)OCC(OC)c2ccccc2)C1c1ccccc1Cl. The molecule has 0 bridgehead atoms. The lowest BCUT2D eigenvalue weighted by molar-refractivity contribution is -0.145. The van der Waals surface area contributed by atoms with Crippen LogP contribution in [0.3, 0.4) is 0 Å². The molecule has 7 heteroatoms. The second-order valence-electron chi connectivity index (χ2n) is 7.49. The van der Waals surface area contributed by atoms with Crippen LogP contribution < -0.4 is 0 Å². The molecule has 2 aromatic rings. The van der Waals surface area contributed by atoms with Gasteiger partial charge in [0.05, 0.1) is 12.7 Å². The summed E-state index contributed by atoms with van der Waals surface area (Å²) in [6.07, 6.45) is -0.426. The van der Waals surface area contributed by atoms with E-state index in [9.17, 15) is 9.59 Å². The maximum absolute atomic E-state index is 13.3. The first kappa shape index (κ1) is 23.7. The van der Waals surface area contributed by atoms with Gasteiger partial charge < -0.3 is 14.2 Å². The Balaban J connectivity index is 1.97. The zero-order valence-electron chi connectivity index (χ0n) is 18.5. The fourth-order valence-corrected chi connectivity index (χ4v) is 4.25. The number of carbonyl (C=O) groups is 2. The molecule has 0 aromatic heterocycles. The molecule has 1 heterocycles. The van der Waals surface area contributed by atoms with Crippen molar-refractivity contribution < 1.29 is 23.8 Å². The third-order valence-corrected chi connectivity index (χ3v) is 5.91. The summed E-state index contributed by atoms with van der Waals surface area (Å²) in [5.74, 6) is -2.54. The van der Waals surface area contributed by atoms with Crippen LogP contribution in [-0.2, 0) is 23.8 Å². The van der Waals surface area contributed by atoms with E-state index in [0.717, 1.165) is 5.56 Å². The monoisotopic (exact) mass is 455 g/mol. The Morgan fingerprint density at radius 2 is 1.69 bits per heavy atom. The molecule has 0 amide bonds. The summed E-state index contributed by atoms with van der Waals surface area (Å²) in [6, 6.07) is 16.6. The van der Waals surface area contributed by atoms with E-state index in [1.54, 1.807) is 39.2 Å². The van der Waals surface area contributed by atoms with E-state index in [0.29, 0.717) is 22.0 Å². The highest BCUT2D eigenvalue weighted by atomic mass is 35.5. The molecular weight excluding hydrogens is 430 g/mol. The minimum atomic E-state index is -0.793. The highest BCUT2D eigenvalue weighted by Crippen LogP contribution is 2.42. The van der Waals surface area contributed by atoms with Crippen LogP contribution in [0.1, 0.15) is 37.0 Å². The Morgan fingerprint density at radius 1 is 1.03 bits per heavy atom. The molecule has 32 heavy (non-hydrogen) atoms. The molecule has 3 atom stereocenters. The number of aliphatic imine (C=N–C) groups is 1. The molecule has 1 aliphatic heterocycles. The van der Waals surface area contributed by atoms with Crippen LogP contribution in [-0.4, -0.2) is 38.5 Å². The molecule has 0 radical (unpaired) electrons. The normalized spacial score (nSPS) is 19.2. The van der Waals surface area contributed by atoms with Gasteiger partial charge in [-0.1, -0.05) is 60.1 Å². The Hall–Kier alpha value is -2.96. The summed E-state index contributed by atoms with van der Waals surface area (Å²) in [5, 5.41) is 0.443. The van der Waals surface area contributed by atoms with Crippen LogP contribution in [0.4, 0.5) is 0 Å². The summed E-state index contributed by atoms with van der Waals surface area (Å²) < 4.78 is 16.2. The summed E-state index contributed by atoms with van der Waals surface area (Å²) in [4.78, 5) is 30.5. The van der Waals surface area contributed by atoms with Gasteiger partial charge in [-0.15, -0.1) is 0 Å². The number of methoxy groups -OCH3 is 2. The Bertz CT molecular complexity index is 1050. The van der Waals surface area contributed by atoms with Gasteiger partial charge in [-0.25, -0.2) is 4.79 Å². The molecule has 1 aliphatic rings. The fraction of sp³-hybridized carbons (Fsp3) is 0.320. The quantitative estimate of drug-likeness (QED) is 0.555. The predicted molar refractivity (Wildman–Crippen MR) is 123 cm³/mol. The Labute approximate surface area is 192 Å². The van der Waals surface area contributed by atoms with Gasteiger partial charge in [0.2, 0.25) is 0 Å². The highest BCUT2D eigenvalue weighted by molar-refractivity contribution is 6.31. The average Bonchev–Trinajstić information content (AvgIpc) is 2.79. The first-order valence-electron chi connectivity index (χ1n) is 10.2. The van der Waals surface area contributed by atoms with Crippen LogP contribution in [0.2, 0.25) is 5.02 Å². The van der Waals surface area contributed by atoms with Gasteiger partial charge in [-0.05, 0) is 31.0 Å².